The lowest BCUT2D eigenvalue weighted by molar-refractivity contribution is 0.0669. The highest BCUT2D eigenvalue weighted by atomic mass is 32.2. The van der Waals surface area contributed by atoms with Crippen LogP contribution in [-0.4, -0.2) is 38.2 Å². The number of nitrogens with zero attached hydrogens (tertiary/aromatic N) is 4. The molecule has 3 heterocycles. The van der Waals surface area contributed by atoms with Crippen molar-refractivity contribution in [2.45, 2.75) is 30.2 Å². The Morgan fingerprint density at radius 3 is 2.86 bits per heavy atom. The van der Waals surface area contributed by atoms with Crippen molar-refractivity contribution in [3.05, 3.63) is 24.5 Å². The molecule has 1 fully saturated rings. The minimum absolute atomic E-state index is 0.526. The summed E-state index contributed by atoms with van der Waals surface area (Å²) < 4.78 is 7.49. The molecule has 6 heteroatoms. The maximum Gasteiger partial charge on any atom is 0.191 e. The van der Waals surface area contributed by atoms with E-state index < -0.39 is 0 Å². The molecule has 1 atom stereocenters. The number of pyridine rings is 1. The van der Waals surface area contributed by atoms with Gasteiger partial charge in [0.05, 0.1) is 0 Å². The fourth-order valence-corrected chi connectivity index (χ4v) is 3.74. The van der Waals surface area contributed by atoms with Crippen LogP contribution in [0.15, 0.2) is 29.7 Å². The Balaban J connectivity index is 1.73. The minimum Gasteiger partial charge on any atom is -0.381 e. The van der Waals surface area contributed by atoms with Crippen molar-refractivity contribution in [1.82, 2.24) is 19.7 Å². The molecular formula is C15H20N4OS. The van der Waals surface area contributed by atoms with Gasteiger partial charge in [0.15, 0.2) is 11.0 Å². The summed E-state index contributed by atoms with van der Waals surface area (Å²) in [5, 5.41) is 10.1. The topological polar surface area (TPSA) is 52.8 Å². The molecule has 1 aliphatic heterocycles. The van der Waals surface area contributed by atoms with Crippen LogP contribution in [0.5, 0.6) is 0 Å². The van der Waals surface area contributed by atoms with Crippen molar-refractivity contribution >= 4 is 11.8 Å². The lowest BCUT2D eigenvalue weighted by Crippen LogP contribution is -2.23. The molecule has 3 rings (SSSR count). The first-order chi connectivity index (χ1) is 10.3. The Morgan fingerprint density at radius 1 is 1.33 bits per heavy atom. The van der Waals surface area contributed by atoms with Gasteiger partial charge >= 0.3 is 0 Å². The minimum atomic E-state index is 0.526. The van der Waals surface area contributed by atoms with E-state index in [9.17, 15) is 0 Å². The van der Waals surface area contributed by atoms with Gasteiger partial charge in [0, 0.05) is 43.5 Å². The highest BCUT2D eigenvalue weighted by molar-refractivity contribution is 7.99. The Morgan fingerprint density at radius 2 is 2.14 bits per heavy atom. The van der Waals surface area contributed by atoms with E-state index in [4.69, 9.17) is 4.74 Å². The van der Waals surface area contributed by atoms with Crippen LogP contribution in [-0.2, 0) is 11.8 Å². The third-order valence-corrected chi connectivity index (χ3v) is 5.30. The number of rotatable bonds is 4. The molecule has 0 spiro atoms. The zero-order valence-corrected chi connectivity index (χ0v) is 13.2. The molecule has 1 aliphatic rings. The number of hydrogen-bond donors (Lipinski definition) is 0. The van der Waals surface area contributed by atoms with Crippen LogP contribution in [0.3, 0.4) is 0 Å². The Hall–Kier alpha value is -1.40. The zero-order chi connectivity index (χ0) is 14.7. The van der Waals surface area contributed by atoms with Gasteiger partial charge in [-0.25, -0.2) is 0 Å². The molecular weight excluding hydrogens is 284 g/mol. The van der Waals surface area contributed by atoms with Gasteiger partial charge in [-0.2, -0.15) is 0 Å². The normalized spacial score (nSPS) is 17.8. The van der Waals surface area contributed by atoms with Crippen LogP contribution in [0.1, 0.15) is 19.8 Å². The summed E-state index contributed by atoms with van der Waals surface area (Å²) in [6, 6.07) is 3.93. The standard InChI is InChI=1S/C15H20N4OS/c1-11(12-5-8-20-9-6-12)21-15-18-17-14(19(15)2)13-4-3-7-16-10-13/h3-4,7,10-12H,5-6,8-9H2,1-2H3/t11-/m1/s1. The maximum absolute atomic E-state index is 5.44. The van der Waals surface area contributed by atoms with Crippen molar-refractivity contribution < 1.29 is 4.74 Å². The fraction of sp³-hybridized carbons (Fsp3) is 0.533. The second-order valence-electron chi connectivity index (χ2n) is 5.38. The smallest absolute Gasteiger partial charge is 0.191 e. The Kier molecular flexibility index (Phi) is 4.55. The highest BCUT2D eigenvalue weighted by Crippen LogP contribution is 2.32. The summed E-state index contributed by atoms with van der Waals surface area (Å²) in [5.41, 5.74) is 0.998. The van der Waals surface area contributed by atoms with E-state index in [1.54, 1.807) is 18.0 Å². The average molecular weight is 304 g/mol. The van der Waals surface area contributed by atoms with Crippen LogP contribution in [0.2, 0.25) is 0 Å². The lowest BCUT2D eigenvalue weighted by atomic mass is 9.97. The molecule has 112 valence electrons. The summed E-state index contributed by atoms with van der Waals surface area (Å²) in [7, 11) is 2.02. The van der Waals surface area contributed by atoms with Gasteiger partial charge < -0.3 is 9.30 Å². The van der Waals surface area contributed by atoms with Crippen molar-refractivity contribution in [2.75, 3.05) is 13.2 Å². The second-order valence-corrected chi connectivity index (χ2v) is 6.72. The first-order valence-electron chi connectivity index (χ1n) is 7.30. The third-order valence-electron chi connectivity index (χ3n) is 3.98. The van der Waals surface area contributed by atoms with Crippen molar-refractivity contribution in [2.24, 2.45) is 13.0 Å². The molecule has 0 N–H and O–H groups in total. The summed E-state index contributed by atoms with van der Waals surface area (Å²) in [6.45, 7) is 4.05. The van der Waals surface area contributed by atoms with Crippen LogP contribution >= 0.6 is 11.8 Å². The molecule has 5 nitrogen and oxygen atoms in total. The third kappa shape index (κ3) is 3.27. The largest absolute Gasteiger partial charge is 0.381 e. The predicted octanol–water partition coefficient (Wildman–Crippen LogP) is 2.78. The van der Waals surface area contributed by atoms with Crippen LogP contribution in [0, 0.1) is 5.92 Å². The molecule has 2 aromatic rings. The summed E-state index contributed by atoms with van der Waals surface area (Å²) in [4.78, 5) is 4.14. The number of thioether (sulfide) groups is 1. The van der Waals surface area contributed by atoms with Gasteiger partial charge in [0.1, 0.15) is 0 Å². The average Bonchev–Trinajstić information content (AvgIpc) is 2.90. The molecule has 0 amide bonds. The molecule has 2 aromatic heterocycles. The maximum atomic E-state index is 5.44. The monoisotopic (exact) mass is 304 g/mol. The van der Waals surface area contributed by atoms with Gasteiger partial charge in [-0.3, -0.25) is 4.98 Å². The summed E-state index contributed by atoms with van der Waals surface area (Å²) in [6.07, 6.45) is 5.87. The second kappa shape index (κ2) is 6.58. The van der Waals surface area contributed by atoms with E-state index in [-0.39, 0.29) is 0 Å². The summed E-state index contributed by atoms with van der Waals surface area (Å²) >= 11 is 1.81. The van der Waals surface area contributed by atoms with E-state index in [0.717, 1.165) is 42.6 Å². The predicted molar refractivity (Wildman–Crippen MR) is 83.1 cm³/mol. The molecule has 0 bridgehead atoms. The molecule has 1 saturated heterocycles. The highest BCUT2D eigenvalue weighted by Gasteiger charge is 2.23. The number of ether oxygens (including phenoxy) is 1. The van der Waals surface area contributed by atoms with Crippen molar-refractivity contribution in [3.8, 4) is 11.4 Å². The molecule has 21 heavy (non-hydrogen) atoms. The molecule has 0 aromatic carbocycles. The van der Waals surface area contributed by atoms with Crippen molar-refractivity contribution in [3.63, 3.8) is 0 Å². The van der Waals surface area contributed by atoms with Gasteiger partial charge in [-0.1, -0.05) is 18.7 Å². The van der Waals surface area contributed by atoms with Gasteiger partial charge in [0.2, 0.25) is 0 Å². The van der Waals surface area contributed by atoms with Gasteiger partial charge in [-0.15, -0.1) is 10.2 Å². The van der Waals surface area contributed by atoms with Crippen LogP contribution in [0.4, 0.5) is 0 Å². The van der Waals surface area contributed by atoms with E-state index in [1.165, 1.54) is 0 Å². The number of aromatic nitrogens is 4. The van der Waals surface area contributed by atoms with Gasteiger partial charge in [-0.05, 0) is 30.9 Å². The quantitative estimate of drug-likeness (QED) is 0.813. The van der Waals surface area contributed by atoms with E-state index >= 15 is 0 Å². The molecule has 0 radical (unpaired) electrons. The zero-order valence-electron chi connectivity index (χ0n) is 12.4. The fourth-order valence-electron chi connectivity index (χ4n) is 2.61. The van der Waals surface area contributed by atoms with E-state index in [2.05, 4.69) is 26.7 Å². The van der Waals surface area contributed by atoms with Crippen molar-refractivity contribution in [1.29, 1.82) is 0 Å². The van der Waals surface area contributed by atoms with Gasteiger partial charge in [0.25, 0.3) is 0 Å². The lowest BCUT2D eigenvalue weighted by Gasteiger charge is -2.26. The summed E-state index contributed by atoms with van der Waals surface area (Å²) in [5.74, 6) is 1.56. The Bertz CT molecular complexity index is 581. The van der Waals surface area contributed by atoms with Crippen LogP contribution in [0.25, 0.3) is 11.4 Å². The number of hydrogen-bond acceptors (Lipinski definition) is 5. The van der Waals surface area contributed by atoms with Crippen LogP contribution < -0.4 is 0 Å². The molecule has 0 unspecified atom stereocenters. The van der Waals surface area contributed by atoms with E-state index in [1.807, 2.05) is 25.4 Å². The Labute approximate surface area is 129 Å². The first kappa shape index (κ1) is 14.5. The first-order valence-corrected chi connectivity index (χ1v) is 8.18. The molecule has 0 aliphatic carbocycles. The van der Waals surface area contributed by atoms with E-state index in [0.29, 0.717) is 11.2 Å². The SMILES string of the molecule is C[C@@H](Sc1nnc(-c2cccnc2)n1C)C1CCOCC1. The molecule has 0 saturated carbocycles.